The molecule has 90 valence electrons. The molecule has 1 rings (SSSR count). The average molecular weight is 229 g/mol. The summed E-state index contributed by atoms with van der Waals surface area (Å²) in [4.78, 5) is 13.5. The Morgan fingerprint density at radius 1 is 1.69 bits per heavy atom. The van der Waals surface area contributed by atoms with Crippen LogP contribution in [0.2, 0.25) is 0 Å². The van der Waals surface area contributed by atoms with Gasteiger partial charge < -0.3 is 20.0 Å². The van der Waals surface area contributed by atoms with Crippen molar-refractivity contribution in [3.05, 3.63) is 22.5 Å². The average Bonchev–Trinajstić information content (AvgIpc) is 2.62. The highest BCUT2D eigenvalue weighted by molar-refractivity contribution is 5.06. The first-order chi connectivity index (χ1) is 7.50. The van der Waals surface area contributed by atoms with Crippen molar-refractivity contribution in [3.63, 3.8) is 0 Å². The second-order valence-corrected chi connectivity index (χ2v) is 3.67. The first-order valence-corrected chi connectivity index (χ1v) is 4.96. The van der Waals surface area contributed by atoms with Crippen molar-refractivity contribution in [3.8, 4) is 0 Å². The standard InChI is InChI=1S/C9H15N3O4/c1-7(2)16-6-8(13)5-11-4-3-10-9(11)12(14)15/h3-4,7-8,13H,5-6H2,1-2H3. The summed E-state index contributed by atoms with van der Waals surface area (Å²) in [6, 6.07) is 0. The Hall–Kier alpha value is -1.47. The van der Waals surface area contributed by atoms with E-state index in [1.165, 1.54) is 17.0 Å². The summed E-state index contributed by atoms with van der Waals surface area (Å²) >= 11 is 0. The molecule has 0 aliphatic heterocycles. The molecule has 0 fully saturated rings. The number of hydrogen-bond acceptors (Lipinski definition) is 5. The van der Waals surface area contributed by atoms with Gasteiger partial charge in [0.25, 0.3) is 0 Å². The van der Waals surface area contributed by atoms with Gasteiger partial charge in [-0.05, 0) is 18.8 Å². The van der Waals surface area contributed by atoms with E-state index in [-0.39, 0.29) is 25.2 Å². The monoisotopic (exact) mass is 229 g/mol. The molecule has 7 nitrogen and oxygen atoms in total. The number of rotatable bonds is 6. The van der Waals surface area contributed by atoms with Crippen LogP contribution in [0.4, 0.5) is 5.95 Å². The van der Waals surface area contributed by atoms with Crippen LogP contribution in [0.15, 0.2) is 12.4 Å². The molecule has 0 bridgehead atoms. The highest BCUT2D eigenvalue weighted by Crippen LogP contribution is 2.08. The van der Waals surface area contributed by atoms with Gasteiger partial charge in [-0.25, -0.2) is 4.57 Å². The van der Waals surface area contributed by atoms with E-state index in [9.17, 15) is 15.2 Å². The van der Waals surface area contributed by atoms with Gasteiger partial charge in [0.1, 0.15) is 18.5 Å². The fraction of sp³-hybridized carbons (Fsp3) is 0.667. The SMILES string of the molecule is CC(C)OCC(O)Cn1ccnc1[N+](=O)[O-]. The number of imidazole rings is 1. The Morgan fingerprint density at radius 2 is 2.38 bits per heavy atom. The molecule has 0 saturated heterocycles. The third-order valence-corrected chi connectivity index (χ3v) is 1.89. The van der Waals surface area contributed by atoms with Crippen LogP contribution >= 0.6 is 0 Å². The van der Waals surface area contributed by atoms with Gasteiger partial charge in [0.05, 0.1) is 19.3 Å². The smallest absolute Gasteiger partial charge is 0.390 e. The third-order valence-electron chi connectivity index (χ3n) is 1.89. The fourth-order valence-corrected chi connectivity index (χ4v) is 1.20. The van der Waals surface area contributed by atoms with Crippen molar-refractivity contribution in [1.82, 2.24) is 9.55 Å². The van der Waals surface area contributed by atoms with E-state index in [1.807, 2.05) is 13.8 Å². The first kappa shape index (κ1) is 12.6. The summed E-state index contributed by atoms with van der Waals surface area (Å²) in [5.74, 6) is -0.274. The largest absolute Gasteiger partial charge is 0.434 e. The zero-order valence-electron chi connectivity index (χ0n) is 9.24. The lowest BCUT2D eigenvalue weighted by Gasteiger charge is -2.12. The zero-order chi connectivity index (χ0) is 12.1. The van der Waals surface area contributed by atoms with Gasteiger partial charge in [-0.3, -0.25) is 0 Å². The molecule has 7 heteroatoms. The van der Waals surface area contributed by atoms with E-state index < -0.39 is 11.0 Å². The summed E-state index contributed by atoms with van der Waals surface area (Å²) in [5.41, 5.74) is 0. The molecule has 0 aliphatic carbocycles. The summed E-state index contributed by atoms with van der Waals surface area (Å²) < 4.78 is 6.49. The Bertz CT molecular complexity index is 350. The van der Waals surface area contributed by atoms with Gasteiger partial charge >= 0.3 is 5.95 Å². The molecule has 1 atom stereocenters. The lowest BCUT2D eigenvalue weighted by Crippen LogP contribution is -2.24. The Kier molecular flexibility index (Phi) is 4.39. The van der Waals surface area contributed by atoms with Crippen molar-refractivity contribution >= 4 is 5.95 Å². The predicted molar refractivity (Wildman–Crippen MR) is 56.0 cm³/mol. The molecule has 0 aliphatic rings. The maximum absolute atomic E-state index is 10.5. The van der Waals surface area contributed by atoms with Crippen molar-refractivity contribution in [1.29, 1.82) is 0 Å². The molecule has 0 spiro atoms. The molecular weight excluding hydrogens is 214 g/mol. The van der Waals surface area contributed by atoms with Crippen LogP contribution < -0.4 is 0 Å². The van der Waals surface area contributed by atoms with Crippen molar-refractivity contribution in [2.75, 3.05) is 6.61 Å². The van der Waals surface area contributed by atoms with E-state index in [0.717, 1.165) is 0 Å². The van der Waals surface area contributed by atoms with Crippen LogP contribution in [-0.4, -0.2) is 38.4 Å². The lowest BCUT2D eigenvalue weighted by atomic mass is 10.3. The van der Waals surface area contributed by atoms with Gasteiger partial charge in [-0.2, -0.15) is 0 Å². The van der Waals surface area contributed by atoms with Gasteiger partial charge in [0.15, 0.2) is 0 Å². The molecule has 16 heavy (non-hydrogen) atoms. The highest BCUT2D eigenvalue weighted by atomic mass is 16.6. The minimum absolute atomic E-state index is 0.0208. The van der Waals surface area contributed by atoms with Crippen LogP contribution in [0.3, 0.4) is 0 Å². The summed E-state index contributed by atoms with van der Waals surface area (Å²) in [7, 11) is 0. The molecule has 1 N–H and O–H groups in total. The van der Waals surface area contributed by atoms with Crippen LogP contribution in [0.25, 0.3) is 0 Å². The van der Waals surface area contributed by atoms with E-state index >= 15 is 0 Å². The van der Waals surface area contributed by atoms with Gasteiger partial charge in [0, 0.05) is 0 Å². The Balaban J connectivity index is 2.52. The molecular formula is C9H15N3O4. The number of nitrogens with zero attached hydrogens (tertiary/aromatic N) is 3. The number of nitro groups is 1. The Morgan fingerprint density at radius 3 is 2.94 bits per heavy atom. The molecule has 0 amide bonds. The van der Waals surface area contributed by atoms with E-state index in [1.54, 1.807) is 0 Å². The molecule has 0 aromatic carbocycles. The normalized spacial score (nSPS) is 13.0. The van der Waals surface area contributed by atoms with Crippen LogP contribution in [0.1, 0.15) is 13.8 Å². The molecule has 0 saturated carbocycles. The quantitative estimate of drug-likeness (QED) is 0.569. The number of aliphatic hydroxyl groups excluding tert-OH is 1. The Labute approximate surface area is 92.8 Å². The molecule has 0 radical (unpaired) electrons. The van der Waals surface area contributed by atoms with Crippen molar-refractivity contribution in [2.24, 2.45) is 0 Å². The maximum atomic E-state index is 10.5. The van der Waals surface area contributed by atoms with Gasteiger partial charge in [-0.15, -0.1) is 0 Å². The first-order valence-electron chi connectivity index (χ1n) is 4.96. The fourth-order valence-electron chi connectivity index (χ4n) is 1.20. The number of aromatic nitrogens is 2. The minimum atomic E-state index is -0.782. The predicted octanol–water partition coefficient (Wildman–Crippen LogP) is 0.577. The van der Waals surface area contributed by atoms with Crippen molar-refractivity contribution in [2.45, 2.75) is 32.6 Å². The van der Waals surface area contributed by atoms with Crippen LogP contribution in [0.5, 0.6) is 0 Å². The van der Waals surface area contributed by atoms with Gasteiger partial charge in [0.2, 0.25) is 0 Å². The number of aliphatic hydroxyl groups is 1. The lowest BCUT2D eigenvalue weighted by molar-refractivity contribution is -0.397. The third kappa shape index (κ3) is 3.59. The van der Waals surface area contributed by atoms with E-state index in [0.29, 0.717) is 0 Å². The summed E-state index contributed by atoms with van der Waals surface area (Å²) in [6.45, 7) is 3.95. The van der Waals surface area contributed by atoms with Gasteiger partial charge in [-0.1, -0.05) is 4.98 Å². The highest BCUT2D eigenvalue weighted by Gasteiger charge is 2.17. The van der Waals surface area contributed by atoms with E-state index in [4.69, 9.17) is 4.74 Å². The molecule has 1 heterocycles. The summed E-state index contributed by atoms with van der Waals surface area (Å²) in [5, 5.41) is 20.1. The minimum Gasteiger partial charge on any atom is -0.390 e. The van der Waals surface area contributed by atoms with E-state index in [2.05, 4.69) is 4.98 Å². The topological polar surface area (TPSA) is 90.4 Å². The van der Waals surface area contributed by atoms with Crippen molar-refractivity contribution < 1.29 is 14.8 Å². The second kappa shape index (κ2) is 5.57. The van der Waals surface area contributed by atoms with Crippen LogP contribution in [0, 0.1) is 10.1 Å². The summed E-state index contributed by atoms with van der Waals surface area (Å²) in [6.07, 6.45) is 2.02. The van der Waals surface area contributed by atoms with Crippen LogP contribution in [-0.2, 0) is 11.3 Å². The molecule has 1 unspecified atom stereocenters. The zero-order valence-corrected chi connectivity index (χ0v) is 9.24. The molecule has 1 aromatic rings. The number of hydrogen-bond donors (Lipinski definition) is 1. The molecule has 1 aromatic heterocycles. The second-order valence-electron chi connectivity index (χ2n) is 3.67. The maximum Gasteiger partial charge on any atom is 0.434 e. The number of ether oxygens (including phenoxy) is 1.